The van der Waals surface area contributed by atoms with Crippen LogP contribution in [0, 0.1) is 18.6 Å². The number of benzene rings is 2. The third-order valence-corrected chi connectivity index (χ3v) is 28.1. The third kappa shape index (κ3) is 18.8. The van der Waals surface area contributed by atoms with Crippen molar-refractivity contribution in [2.75, 3.05) is 13.1 Å². The Morgan fingerprint density at radius 3 is 1.32 bits per heavy atom. The van der Waals surface area contributed by atoms with Crippen LogP contribution in [0.1, 0.15) is 150 Å². The van der Waals surface area contributed by atoms with Crippen molar-refractivity contribution in [1.82, 2.24) is 49.7 Å². The van der Waals surface area contributed by atoms with Gasteiger partial charge < -0.3 is 11.2 Å². The van der Waals surface area contributed by atoms with Crippen LogP contribution in [0.3, 0.4) is 0 Å². The molecule has 6 rings (SSSR count). The normalized spacial score (nSPS) is 12.4. The topological polar surface area (TPSA) is 144 Å². The first-order valence-electron chi connectivity index (χ1n) is 26.6. The molecule has 0 fully saturated rings. The molecule has 0 aliphatic rings. The Balaban J connectivity index is 0.000000320. The van der Waals surface area contributed by atoms with Gasteiger partial charge in [-0.2, -0.15) is 26.3 Å². The van der Waals surface area contributed by atoms with Gasteiger partial charge in [0.05, 0.1) is 22.3 Å². The van der Waals surface area contributed by atoms with Crippen molar-refractivity contribution in [3.05, 3.63) is 149 Å². The van der Waals surface area contributed by atoms with Crippen molar-refractivity contribution in [1.29, 1.82) is 0 Å². The first-order valence-corrected chi connectivity index (χ1v) is 34.1. The number of hydrogen-bond acceptors (Lipinski definition) is 10. The van der Waals surface area contributed by atoms with Crippen molar-refractivity contribution in [2.24, 2.45) is 0 Å². The van der Waals surface area contributed by atoms with Crippen LogP contribution in [0.25, 0.3) is 11.4 Å². The molecule has 0 unspecified atom stereocenters. The summed E-state index contributed by atoms with van der Waals surface area (Å²) < 4.78 is 110. The molecular weight excluding hydrogens is 1130 g/mol. The van der Waals surface area contributed by atoms with Gasteiger partial charge in [0.15, 0.2) is 5.82 Å². The average Bonchev–Trinajstić information content (AvgIpc) is 3.45. The Labute approximate surface area is 458 Å². The van der Waals surface area contributed by atoms with E-state index < -0.39 is 65.3 Å². The molecule has 6 aromatic rings. The molecule has 21 heteroatoms. The largest absolute Gasteiger partial charge is 1.00 e. The quantitative estimate of drug-likeness (QED) is 0.0449. The Morgan fingerprint density at radius 1 is 0.551 bits per heavy atom. The zero-order valence-electron chi connectivity index (χ0n) is 46.8. The van der Waals surface area contributed by atoms with Gasteiger partial charge in [-0.25, -0.2) is 38.7 Å². The van der Waals surface area contributed by atoms with E-state index in [1.54, 1.807) is 52.0 Å². The van der Waals surface area contributed by atoms with Crippen molar-refractivity contribution in [3.63, 3.8) is 0 Å². The number of amides is 2. The summed E-state index contributed by atoms with van der Waals surface area (Å²) in [6.07, 6.45) is 10.4. The fourth-order valence-corrected chi connectivity index (χ4v) is 23.8. The molecule has 2 aromatic carbocycles. The van der Waals surface area contributed by atoms with E-state index in [9.17, 15) is 44.7 Å². The van der Waals surface area contributed by atoms with E-state index in [4.69, 9.17) is 9.97 Å². The van der Waals surface area contributed by atoms with Gasteiger partial charge in [0, 0.05) is 80.8 Å². The second kappa shape index (κ2) is 31.5. The predicted molar refractivity (Wildman–Crippen MR) is 289 cm³/mol. The van der Waals surface area contributed by atoms with Crippen molar-refractivity contribution < 1.29 is 46.1 Å². The SMILES string of the molecule is CCC[CH2][Sn]([CH2]CCC)([CH2]CCC)[c]1ncccn1.CCN(C(=O)c1c(C)cccc1F)[C@@H](C)CCc1ncc(C(F)(F)F)cn1.CCN(C(=O)c1c(F)cccc1-c1ncccn1)[C@@H](C)CCc1ncc(C(F)(F)F)cn1.[2H-]. The number of carbonyl (C=O) groups excluding carboxylic acids is 2. The summed E-state index contributed by atoms with van der Waals surface area (Å²) in [6.45, 7) is 16.4. The maximum absolute atomic E-state index is 14.7. The van der Waals surface area contributed by atoms with E-state index in [1.807, 2.05) is 25.4 Å². The summed E-state index contributed by atoms with van der Waals surface area (Å²) in [6, 6.07) is 11.7. The minimum absolute atomic E-state index is 0. The fraction of sp³-hybridized carbons (Fsp3) is 0.474. The van der Waals surface area contributed by atoms with E-state index in [1.165, 1.54) is 96.1 Å². The number of carbonyl (C=O) groups is 2. The maximum Gasteiger partial charge on any atom is 0.419 e. The van der Waals surface area contributed by atoms with Crippen molar-refractivity contribution >= 4 is 34.0 Å². The molecule has 78 heavy (non-hydrogen) atoms. The van der Waals surface area contributed by atoms with Crippen LogP contribution >= 0.6 is 0 Å². The predicted octanol–water partition coefficient (Wildman–Crippen LogP) is 13.6. The second-order valence-electron chi connectivity index (χ2n) is 19.1. The minimum Gasteiger partial charge on any atom is -1.00 e. The van der Waals surface area contributed by atoms with E-state index in [0.717, 1.165) is 24.8 Å². The fourth-order valence-electron chi connectivity index (χ4n) is 8.94. The van der Waals surface area contributed by atoms with Crippen molar-refractivity contribution in [2.45, 2.75) is 157 Å². The summed E-state index contributed by atoms with van der Waals surface area (Å²) in [5.74, 6) is -1.45. The number of aryl methyl sites for hydroxylation is 3. The molecular formula is C57H73F8N10O2Sn-. The Morgan fingerprint density at radius 2 is 0.936 bits per heavy atom. The number of halogens is 8. The van der Waals surface area contributed by atoms with Crippen LogP contribution in [0.15, 0.2) is 98.1 Å². The Bertz CT molecular complexity index is 2710. The van der Waals surface area contributed by atoms with Gasteiger partial charge >= 0.3 is 136 Å². The van der Waals surface area contributed by atoms with Gasteiger partial charge in [-0.05, 0) is 71.2 Å². The molecule has 4 heterocycles. The molecule has 0 bridgehead atoms. The summed E-state index contributed by atoms with van der Waals surface area (Å²) in [7, 11) is 0. The third-order valence-electron chi connectivity index (χ3n) is 13.4. The summed E-state index contributed by atoms with van der Waals surface area (Å²) in [5.41, 5.74) is -1.08. The molecule has 0 radical (unpaired) electrons. The van der Waals surface area contributed by atoms with Crippen LogP contribution in [0.4, 0.5) is 35.1 Å². The summed E-state index contributed by atoms with van der Waals surface area (Å²) >= 11 is -2.32. The van der Waals surface area contributed by atoms with E-state index in [-0.39, 0.29) is 54.1 Å². The Kier molecular flexibility index (Phi) is 26.0. The first kappa shape index (κ1) is 64.5. The van der Waals surface area contributed by atoms with Crippen molar-refractivity contribution in [3.8, 4) is 11.4 Å². The van der Waals surface area contributed by atoms with E-state index >= 15 is 0 Å². The van der Waals surface area contributed by atoms with Gasteiger partial charge in [-0.1, -0.05) is 24.3 Å². The molecule has 424 valence electrons. The minimum atomic E-state index is -4.50. The molecule has 2 atom stereocenters. The molecule has 0 N–H and O–H groups in total. The molecule has 4 aromatic heterocycles. The standard InChI is InChI=1S/C22H21F4N5O.C19H21F4N3O.C4H3N2.3C4H9.Sn.H/c1-3-31(14(2)8-9-18-29-12-15(13-30-18)22(24,25)26)21(32)19-16(6-4-7-17(19)23)20-27-10-5-11-28-20;1-4-26(18(27)17-12(2)6-5-7-15(17)20)13(3)8-9-16-24-10-14(11-25-16)19(21,22)23;1-2-5-4-6-3-1;3*1-3-4-2;;/h4-7,10-14H,3,8-9H2,1-2H3;5-7,10-11,13H,4,8-9H2,1-3H3;1-3H;3*1,3-4H2,2H3;;/q;;;;;;;-1/t14-;13-;;;;;;/m00....../s1/i;;;;;;;1+1. The molecule has 0 aliphatic heterocycles. The zero-order valence-corrected chi connectivity index (χ0v) is 48.7. The first-order chi connectivity index (χ1) is 37.2. The number of nitrogens with zero attached hydrogens (tertiary/aromatic N) is 10. The summed E-state index contributed by atoms with van der Waals surface area (Å²) in [4.78, 5) is 61.7. The number of aromatic nitrogens is 8. The monoisotopic (exact) mass is 1200 g/mol. The average molecular weight is 1200 g/mol. The van der Waals surface area contributed by atoms with Gasteiger partial charge in [0.2, 0.25) is 0 Å². The zero-order chi connectivity index (χ0) is 57.5. The number of hydrogen-bond donors (Lipinski definition) is 0. The molecule has 0 spiro atoms. The van der Waals surface area contributed by atoms with Crippen LogP contribution in [-0.2, 0) is 25.2 Å². The van der Waals surface area contributed by atoms with Gasteiger partial charge in [-0.3, -0.25) is 9.59 Å². The number of unbranched alkanes of at least 4 members (excludes halogenated alkanes) is 3. The van der Waals surface area contributed by atoms with Crippen LogP contribution in [0.5, 0.6) is 0 Å². The Hall–Kier alpha value is -6.06. The van der Waals surface area contributed by atoms with Gasteiger partial charge in [-0.15, -0.1) is 0 Å². The van der Waals surface area contributed by atoms with Crippen LogP contribution in [-0.4, -0.2) is 105 Å². The number of rotatable bonds is 23. The van der Waals surface area contributed by atoms with E-state index in [0.29, 0.717) is 37.9 Å². The molecule has 2 amide bonds. The second-order valence-corrected chi connectivity index (χ2v) is 31.9. The molecule has 12 nitrogen and oxygen atoms in total. The van der Waals surface area contributed by atoms with Crippen LogP contribution < -0.4 is 3.84 Å². The number of alkyl halides is 6. The molecule has 0 saturated heterocycles. The summed E-state index contributed by atoms with van der Waals surface area (Å²) in [5, 5.41) is 0. The van der Waals surface area contributed by atoms with Gasteiger partial charge in [0.1, 0.15) is 23.3 Å². The van der Waals surface area contributed by atoms with Gasteiger partial charge in [0.25, 0.3) is 11.8 Å². The smallest absolute Gasteiger partial charge is 0.419 e. The molecule has 0 saturated carbocycles. The molecule has 0 aliphatic carbocycles. The van der Waals surface area contributed by atoms with E-state index in [2.05, 4.69) is 50.7 Å². The maximum atomic E-state index is 14.7. The van der Waals surface area contributed by atoms with Crippen LogP contribution in [0.2, 0.25) is 13.3 Å².